The molecule has 4 heterocycles. The van der Waals surface area contributed by atoms with Crippen LogP contribution in [0.4, 0.5) is 0 Å². The second-order valence-corrected chi connectivity index (χ2v) is 6.51. The van der Waals surface area contributed by atoms with Crippen LogP contribution < -0.4 is 5.32 Å². The molecule has 2 amide bonds. The molecule has 2 aliphatic heterocycles. The molecular weight excluding hydrogens is 336 g/mol. The van der Waals surface area contributed by atoms with Crippen LogP contribution in [-0.4, -0.2) is 52.6 Å². The zero-order chi connectivity index (χ0) is 17.9. The molecule has 8 heteroatoms. The minimum atomic E-state index is -0.287. The van der Waals surface area contributed by atoms with Crippen LogP contribution in [-0.2, 0) is 24.2 Å². The van der Waals surface area contributed by atoms with Crippen LogP contribution in [0.25, 0.3) is 0 Å². The quantitative estimate of drug-likeness (QED) is 0.887. The fraction of sp³-hybridized carbons (Fsp3) is 0.500. The largest absolute Gasteiger partial charge is 0.467 e. The molecule has 0 aromatic carbocycles. The van der Waals surface area contributed by atoms with Gasteiger partial charge in [0, 0.05) is 19.6 Å². The van der Waals surface area contributed by atoms with Crippen LogP contribution in [0, 0.1) is 0 Å². The Hall–Kier alpha value is -2.61. The summed E-state index contributed by atoms with van der Waals surface area (Å²) in [5.74, 6) is 0.589. The van der Waals surface area contributed by atoms with Gasteiger partial charge in [-0.25, -0.2) is 4.98 Å². The highest BCUT2D eigenvalue weighted by molar-refractivity contribution is 5.97. The van der Waals surface area contributed by atoms with Crippen LogP contribution in [0.2, 0.25) is 0 Å². The van der Waals surface area contributed by atoms with E-state index in [0.717, 1.165) is 25.0 Å². The number of aromatic nitrogens is 2. The van der Waals surface area contributed by atoms with Crippen molar-refractivity contribution in [1.82, 2.24) is 19.8 Å². The second-order valence-electron chi connectivity index (χ2n) is 6.51. The van der Waals surface area contributed by atoms with E-state index in [9.17, 15) is 9.59 Å². The van der Waals surface area contributed by atoms with Gasteiger partial charge in [-0.15, -0.1) is 0 Å². The SMILES string of the molecule is O=C(NCc1ccco1)c1nc(C(=O)N2CCOCC2)c2n1CCCC2. The van der Waals surface area contributed by atoms with Crippen molar-refractivity contribution in [1.29, 1.82) is 0 Å². The van der Waals surface area contributed by atoms with E-state index in [2.05, 4.69) is 10.3 Å². The van der Waals surface area contributed by atoms with Crippen molar-refractivity contribution >= 4 is 11.8 Å². The van der Waals surface area contributed by atoms with Crippen LogP contribution in [0.3, 0.4) is 0 Å². The number of ether oxygens (including phenoxy) is 1. The lowest BCUT2D eigenvalue weighted by molar-refractivity contribution is 0.0298. The molecule has 0 bridgehead atoms. The van der Waals surface area contributed by atoms with E-state index in [1.807, 2.05) is 4.57 Å². The number of nitrogens with zero attached hydrogens (tertiary/aromatic N) is 3. The summed E-state index contributed by atoms with van der Waals surface area (Å²) in [5, 5.41) is 2.82. The Labute approximate surface area is 151 Å². The predicted molar refractivity (Wildman–Crippen MR) is 91.8 cm³/mol. The summed E-state index contributed by atoms with van der Waals surface area (Å²) in [6.45, 7) is 3.20. The van der Waals surface area contributed by atoms with Gasteiger partial charge in [-0.2, -0.15) is 0 Å². The van der Waals surface area contributed by atoms with Crippen molar-refractivity contribution in [3.05, 3.63) is 41.4 Å². The van der Waals surface area contributed by atoms with Crippen molar-refractivity contribution < 1.29 is 18.7 Å². The summed E-state index contributed by atoms with van der Waals surface area (Å²) >= 11 is 0. The molecule has 1 fully saturated rings. The molecule has 0 aliphatic carbocycles. The van der Waals surface area contributed by atoms with Gasteiger partial charge in [-0.05, 0) is 31.4 Å². The maximum absolute atomic E-state index is 12.9. The van der Waals surface area contributed by atoms with Crippen molar-refractivity contribution in [2.45, 2.75) is 32.4 Å². The molecule has 2 aromatic rings. The van der Waals surface area contributed by atoms with E-state index in [4.69, 9.17) is 9.15 Å². The number of carbonyl (C=O) groups is 2. The average Bonchev–Trinajstić information content (AvgIpc) is 3.34. The van der Waals surface area contributed by atoms with Gasteiger partial charge in [0.1, 0.15) is 11.5 Å². The zero-order valence-corrected chi connectivity index (χ0v) is 14.6. The van der Waals surface area contributed by atoms with Crippen molar-refractivity contribution in [2.75, 3.05) is 26.3 Å². The Morgan fingerprint density at radius 3 is 2.81 bits per heavy atom. The Bertz CT molecular complexity index is 790. The van der Waals surface area contributed by atoms with Gasteiger partial charge in [-0.3, -0.25) is 9.59 Å². The number of rotatable bonds is 4. The molecule has 1 N–H and O–H groups in total. The summed E-state index contributed by atoms with van der Waals surface area (Å²) in [4.78, 5) is 31.8. The maximum Gasteiger partial charge on any atom is 0.287 e. The lowest BCUT2D eigenvalue weighted by Crippen LogP contribution is -2.41. The molecule has 0 saturated carbocycles. The molecule has 138 valence electrons. The Kier molecular flexibility index (Phi) is 4.75. The molecular formula is C18H22N4O4. The first kappa shape index (κ1) is 16.8. The molecule has 2 aliphatic rings. The smallest absolute Gasteiger partial charge is 0.287 e. The lowest BCUT2D eigenvalue weighted by atomic mass is 10.1. The first-order chi connectivity index (χ1) is 12.7. The van der Waals surface area contributed by atoms with E-state index in [1.165, 1.54) is 0 Å². The van der Waals surface area contributed by atoms with Gasteiger partial charge >= 0.3 is 0 Å². The molecule has 0 unspecified atom stereocenters. The van der Waals surface area contributed by atoms with Gasteiger partial charge in [0.05, 0.1) is 31.7 Å². The first-order valence-electron chi connectivity index (χ1n) is 9.01. The number of hydrogen-bond donors (Lipinski definition) is 1. The first-order valence-corrected chi connectivity index (χ1v) is 9.01. The van der Waals surface area contributed by atoms with E-state index in [1.54, 1.807) is 23.3 Å². The fourth-order valence-corrected chi connectivity index (χ4v) is 3.46. The van der Waals surface area contributed by atoms with Gasteiger partial charge in [0.15, 0.2) is 5.82 Å². The molecule has 8 nitrogen and oxygen atoms in total. The second kappa shape index (κ2) is 7.33. The van der Waals surface area contributed by atoms with E-state index in [0.29, 0.717) is 56.7 Å². The van der Waals surface area contributed by atoms with Crippen molar-refractivity contribution in [3.63, 3.8) is 0 Å². The number of amides is 2. The highest BCUT2D eigenvalue weighted by Crippen LogP contribution is 2.22. The summed E-state index contributed by atoms with van der Waals surface area (Å²) in [7, 11) is 0. The number of fused-ring (bicyclic) bond motifs is 1. The van der Waals surface area contributed by atoms with E-state index >= 15 is 0 Å². The third-order valence-electron chi connectivity index (χ3n) is 4.83. The van der Waals surface area contributed by atoms with Crippen LogP contribution in [0.5, 0.6) is 0 Å². The molecule has 4 rings (SSSR count). The van der Waals surface area contributed by atoms with Crippen molar-refractivity contribution in [3.8, 4) is 0 Å². The van der Waals surface area contributed by atoms with Crippen LogP contribution in [0.15, 0.2) is 22.8 Å². The fourth-order valence-electron chi connectivity index (χ4n) is 3.46. The van der Waals surface area contributed by atoms with Crippen LogP contribution in [0.1, 0.15) is 45.4 Å². The molecule has 1 saturated heterocycles. The van der Waals surface area contributed by atoms with E-state index in [-0.39, 0.29) is 11.8 Å². The summed E-state index contributed by atoms with van der Waals surface area (Å²) in [6, 6.07) is 3.58. The molecule has 0 radical (unpaired) electrons. The number of nitrogens with one attached hydrogen (secondary N) is 1. The third-order valence-corrected chi connectivity index (χ3v) is 4.83. The monoisotopic (exact) mass is 358 g/mol. The number of hydrogen-bond acceptors (Lipinski definition) is 5. The van der Waals surface area contributed by atoms with Crippen molar-refractivity contribution in [2.24, 2.45) is 0 Å². The Morgan fingerprint density at radius 2 is 2.04 bits per heavy atom. The topological polar surface area (TPSA) is 89.6 Å². The Morgan fingerprint density at radius 1 is 1.19 bits per heavy atom. The molecule has 2 aromatic heterocycles. The zero-order valence-electron chi connectivity index (χ0n) is 14.6. The summed E-state index contributed by atoms with van der Waals surface area (Å²) in [5.41, 5.74) is 1.28. The normalized spacial score (nSPS) is 17.0. The van der Waals surface area contributed by atoms with Crippen LogP contribution >= 0.6 is 0 Å². The Balaban J connectivity index is 1.57. The minimum Gasteiger partial charge on any atom is -0.467 e. The maximum atomic E-state index is 12.9. The molecule has 0 spiro atoms. The minimum absolute atomic E-state index is 0.107. The summed E-state index contributed by atoms with van der Waals surface area (Å²) < 4.78 is 12.5. The standard InChI is InChI=1S/C18H22N4O4/c23-17(19-12-13-4-3-9-26-13)16-20-15(14-5-1-2-6-22(14)16)18(24)21-7-10-25-11-8-21/h3-4,9H,1-2,5-8,10-12H2,(H,19,23). The molecule has 26 heavy (non-hydrogen) atoms. The summed E-state index contributed by atoms with van der Waals surface area (Å²) in [6.07, 6.45) is 4.32. The van der Waals surface area contributed by atoms with E-state index < -0.39 is 0 Å². The van der Waals surface area contributed by atoms with Gasteiger partial charge in [0.25, 0.3) is 11.8 Å². The number of furan rings is 1. The number of morpholine rings is 1. The highest BCUT2D eigenvalue weighted by Gasteiger charge is 2.30. The highest BCUT2D eigenvalue weighted by atomic mass is 16.5. The van der Waals surface area contributed by atoms with Gasteiger partial charge in [0.2, 0.25) is 0 Å². The number of imidazole rings is 1. The molecule has 0 atom stereocenters. The third kappa shape index (κ3) is 3.24. The predicted octanol–water partition coefficient (Wildman–Crippen LogP) is 1.21. The van der Waals surface area contributed by atoms with Gasteiger partial charge in [-0.1, -0.05) is 0 Å². The number of carbonyl (C=O) groups excluding carboxylic acids is 2. The average molecular weight is 358 g/mol. The van der Waals surface area contributed by atoms with Gasteiger partial charge < -0.3 is 23.9 Å². The lowest BCUT2D eigenvalue weighted by Gasteiger charge is -2.26.